The third-order valence-electron chi connectivity index (χ3n) is 3.25. The number of nitrogens with one attached hydrogen (secondary N) is 1. The molecule has 0 unspecified atom stereocenters. The van der Waals surface area contributed by atoms with Gasteiger partial charge in [0.1, 0.15) is 0 Å². The summed E-state index contributed by atoms with van der Waals surface area (Å²) in [5.41, 5.74) is 6.39. The molecule has 0 spiro atoms. The number of rotatable bonds is 7. The van der Waals surface area contributed by atoms with Gasteiger partial charge in [-0.25, -0.2) is 13.1 Å². The van der Waals surface area contributed by atoms with Crippen molar-refractivity contribution in [3.8, 4) is 0 Å². The van der Waals surface area contributed by atoms with Crippen LogP contribution in [0.5, 0.6) is 0 Å². The maximum absolute atomic E-state index is 11.9. The maximum Gasteiger partial charge on any atom is 0.215 e. The van der Waals surface area contributed by atoms with Crippen molar-refractivity contribution in [1.29, 1.82) is 0 Å². The van der Waals surface area contributed by atoms with E-state index in [4.69, 9.17) is 5.73 Å². The first-order valence-corrected chi connectivity index (χ1v) is 7.86. The summed E-state index contributed by atoms with van der Waals surface area (Å²) in [7, 11) is -3.32. The smallest absolute Gasteiger partial charge is 0.215 e. The van der Waals surface area contributed by atoms with Gasteiger partial charge in [-0.1, -0.05) is 44.2 Å². The molecule has 1 aromatic carbocycles. The Labute approximate surface area is 110 Å². The maximum atomic E-state index is 11.9. The summed E-state index contributed by atoms with van der Waals surface area (Å²) in [6.07, 6.45) is 1.49. The van der Waals surface area contributed by atoms with E-state index < -0.39 is 15.6 Å². The standard InChI is InChI=1S/C13H22N2O2S/c1-3-13(14,4-2)11-15-18(16,17)10-12-8-6-5-7-9-12/h5-9,15H,3-4,10-11,14H2,1-2H3. The summed E-state index contributed by atoms with van der Waals surface area (Å²) >= 11 is 0. The lowest BCUT2D eigenvalue weighted by Crippen LogP contribution is -2.49. The van der Waals surface area contributed by atoms with Gasteiger partial charge in [-0.3, -0.25) is 0 Å². The predicted octanol–water partition coefficient (Wildman–Crippen LogP) is 1.62. The van der Waals surface area contributed by atoms with Crippen LogP contribution in [0.1, 0.15) is 32.3 Å². The van der Waals surface area contributed by atoms with Gasteiger partial charge in [-0.2, -0.15) is 0 Å². The van der Waals surface area contributed by atoms with Gasteiger partial charge >= 0.3 is 0 Å². The summed E-state index contributed by atoms with van der Waals surface area (Å²) < 4.78 is 26.4. The molecular formula is C13H22N2O2S. The minimum atomic E-state index is -3.32. The Morgan fingerprint density at radius 3 is 2.22 bits per heavy atom. The highest BCUT2D eigenvalue weighted by atomic mass is 32.2. The zero-order valence-corrected chi connectivity index (χ0v) is 11.8. The van der Waals surface area contributed by atoms with E-state index in [-0.39, 0.29) is 12.3 Å². The minimum Gasteiger partial charge on any atom is -0.324 e. The molecule has 0 aromatic heterocycles. The van der Waals surface area contributed by atoms with E-state index in [1.807, 2.05) is 32.0 Å². The van der Waals surface area contributed by atoms with E-state index in [1.165, 1.54) is 0 Å². The van der Waals surface area contributed by atoms with Crippen molar-refractivity contribution in [3.05, 3.63) is 35.9 Å². The zero-order chi connectivity index (χ0) is 13.6. The van der Waals surface area contributed by atoms with Gasteiger partial charge < -0.3 is 5.73 Å². The van der Waals surface area contributed by atoms with E-state index in [9.17, 15) is 8.42 Å². The molecule has 0 amide bonds. The first-order valence-electron chi connectivity index (χ1n) is 6.21. The molecule has 1 aromatic rings. The highest BCUT2D eigenvalue weighted by Gasteiger charge is 2.23. The van der Waals surface area contributed by atoms with Crippen LogP contribution in [0.25, 0.3) is 0 Å². The fourth-order valence-electron chi connectivity index (χ4n) is 1.60. The molecule has 1 rings (SSSR count). The van der Waals surface area contributed by atoms with Crippen LogP contribution in [0, 0.1) is 0 Å². The van der Waals surface area contributed by atoms with E-state index in [1.54, 1.807) is 12.1 Å². The van der Waals surface area contributed by atoms with Crippen LogP contribution in [0.4, 0.5) is 0 Å². The van der Waals surface area contributed by atoms with Crippen LogP contribution in [0.3, 0.4) is 0 Å². The van der Waals surface area contributed by atoms with Crippen molar-refractivity contribution in [3.63, 3.8) is 0 Å². The molecule has 0 saturated heterocycles. The SMILES string of the molecule is CCC(N)(CC)CNS(=O)(=O)Cc1ccccc1. The molecule has 5 heteroatoms. The lowest BCUT2D eigenvalue weighted by Gasteiger charge is -2.26. The molecule has 0 fully saturated rings. The monoisotopic (exact) mass is 270 g/mol. The number of hydrogen-bond acceptors (Lipinski definition) is 3. The molecule has 0 radical (unpaired) electrons. The number of benzene rings is 1. The van der Waals surface area contributed by atoms with Gasteiger partial charge in [0.15, 0.2) is 0 Å². The van der Waals surface area contributed by atoms with Crippen LogP contribution < -0.4 is 10.5 Å². The lowest BCUT2D eigenvalue weighted by atomic mass is 9.95. The topological polar surface area (TPSA) is 72.2 Å². The fourth-order valence-corrected chi connectivity index (χ4v) is 2.84. The minimum absolute atomic E-state index is 0.00263. The highest BCUT2D eigenvalue weighted by Crippen LogP contribution is 2.11. The highest BCUT2D eigenvalue weighted by molar-refractivity contribution is 7.88. The summed E-state index contributed by atoms with van der Waals surface area (Å²) in [6.45, 7) is 4.22. The normalized spacial score (nSPS) is 12.6. The van der Waals surface area contributed by atoms with Gasteiger partial charge in [0.25, 0.3) is 0 Å². The quantitative estimate of drug-likeness (QED) is 0.791. The average Bonchev–Trinajstić information content (AvgIpc) is 2.37. The largest absolute Gasteiger partial charge is 0.324 e. The Balaban J connectivity index is 2.61. The first-order chi connectivity index (χ1) is 8.41. The van der Waals surface area contributed by atoms with Crippen LogP contribution in [0.2, 0.25) is 0 Å². The Morgan fingerprint density at radius 1 is 1.17 bits per heavy atom. The summed E-state index contributed by atoms with van der Waals surface area (Å²) in [6, 6.07) is 9.12. The molecule has 0 bridgehead atoms. The van der Waals surface area contributed by atoms with Crippen LogP contribution in [0.15, 0.2) is 30.3 Å². The van der Waals surface area contributed by atoms with Crippen LogP contribution >= 0.6 is 0 Å². The van der Waals surface area contributed by atoms with Crippen molar-refractivity contribution in [2.75, 3.05) is 6.54 Å². The van der Waals surface area contributed by atoms with Gasteiger partial charge in [0.2, 0.25) is 10.0 Å². The van der Waals surface area contributed by atoms with Crippen molar-refractivity contribution < 1.29 is 8.42 Å². The van der Waals surface area contributed by atoms with Gasteiger partial charge in [-0.05, 0) is 18.4 Å². The van der Waals surface area contributed by atoms with Crippen molar-refractivity contribution in [2.45, 2.75) is 38.0 Å². The van der Waals surface area contributed by atoms with Crippen LogP contribution in [-0.2, 0) is 15.8 Å². The van der Waals surface area contributed by atoms with E-state index in [0.29, 0.717) is 0 Å². The number of nitrogens with two attached hydrogens (primary N) is 1. The second kappa shape index (κ2) is 6.31. The predicted molar refractivity (Wildman–Crippen MR) is 74.6 cm³/mol. The molecule has 0 aliphatic rings. The third-order valence-corrected chi connectivity index (χ3v) is 4.55. The molecule has 102 valence electrons. The van der Waals surface area contributed by atoms with Gasteiger partial charge in [-0.15, -0.1) is 0 Å². The molecule has 0 saturated carbocycles. The van der Waals surface area contributed by atoms with Crippen LogP contribution in [-0.4, -0.2) is 20.5 Å². The fraction of sp³-hybridized carbons (Fsp3) is 0.538. The van der Waals surface area contributed by atoms with E-state index in [0.717, 1.165) is 18.4 Å². The summed E-state index contributed by atoms with van der Waals surface area (Å²) in [5, 5.41) is 0. The molecule has 3 N–H and O–H groups in total. The molecule has 4 nitrogen and oxygen atoms in total. The number of hydrogen-bond donors (Lipinski definition) is 2. The molecule has 0 heterocycles. The summed E-state index contributed by atoms with van der Waals surface area (Å²) in [5.74, 6) is -0.00263. The second-order valence-corrected chi connectivity index (χ2v) is 6.44. The number of sulfonamides is 1. The molecule has 0 aliphatic heterocycles. The Hall–Kier alpha value is -0.910. The third kappa shape index (κ3) is 4.76. The Kier molecular flexibility index (Phi) is 5.31. The second-order valence-electron chi connectivity index (χ2n) is 4.64. The lowest BCUT2D eigenvalue weighted by molar-refractivity contribution is 0.391. The average molecular weight is 270 g/mol. The van der Waals surface area contributed by atoms with Crippen molar-refractivity contribution in [1.82, 2.24) is 4.72 Å². The van der Waals surface area contributed by atoms with Gasteiger partial charge in [0, 0.05) is 12.1 Å². The Bertz CT molecular complexity index is 453. The Morgan fingerprint density at radius 2 is 1.72 bits per heavy atom. The first kappa shape index (κ1) is 15.1. The van der Waals surface area contributed by atoms with Crippen molar-refractivity contribution in [2.24, 2.45) is 5.73 Å². The van der Waals surface area contributed by atoms with E-state index >= 15 is 0 Å². The van der Waals surface area contributed by atoms with Crippen molar-refractivity contribution >= 4 is 10.0 Å². The summed E-state index contributed by atoms with van der Waals surface area (Å²) in [4.78, 5) is 0. The molecule has 0 atom stereocenters. The molecular weight excluding hydrogens is 248 g/mol. The van der Waals surface area contributed by atoms with Gasteiger partial charge in [0.05, 0.1) is 5.75 Å². The molecule has 0 aliphatic carbocycles. The zero-order valence-electron chi connectivity index (χ0n) is 11.0. The van der Waals surface area contributed by atoms with E-state index in [2.05, 4.69) is 4.72 Å². The molecule has 18 heavy (non-hydrogen) atoms.